The molecular formula is C18H23N. The summed E-state index contributed by atoms with van der Waals surface area (Å²) < 4.78 is 0. The fourth-order valence-electron chi connectivity index (χ4n) is 1.93. The van der Waals surface area contributed by atoms with Crippen LogP contribution < -0.4 is 0 Å². The van der Waals surface area contributed by atoms with Crippen molar-refractivity contribution in [2.45, 2.75) is 33.6 Å². The summed E-state index contributed by atoms with van der Waals surface area (Å²) >= 11 is 0. The standard InChI is InChI=1S/C16H17N.C2H6/c1-3-7-13-10-11-16(17-12-13)15-9-6-5-8-14(15)4-2;1-2/h4-6,8-12H,2-3,7H2,1H3;1-2H3. The van der Waals surface area contributed by atoms with E-state index in [2.05, 4.69) is 42.8 Å². The Labute approximate surface area is 117 Å². The Bertz CT molecular complexity index is 497. The largest absolute Gasteiger partial charge is 0.256 e. The van der Waals surface area contributed by atoms with Gasteiger partial charge in [-0.25, -0.2) is 0 Å². The molecule has 0 spiro atoms. The van der Waals surface area contributed by atoms with Gasteiger partial charge >= 0.3 is 0 Å². The Morgan fingerprint density at radius 2 is 1.84 bits per heavy atom. The van der Waals surface area contributed by atoms with Crippen molar-refractivity contribution in [3.8, 4) is 11.3 Å². The second-order valence-corrected chi connectivity index (χ2v) is 4.09. The monoisotopic (exact) mass is 253 g/mol. The van der Waals surface area contributed by atoms with Gasteiger partial charge in [-0.15, -0.1) is 0 Å². The van der Waals surface area contributed by atoms with E-state index in [0.717, 1.165) is 29.7 Å². The third-order valence-electron chi connectivity index (χ3n) is 2.82. The van der Waals surface area contributed by atoms with Gasteiger partial charge in [-0.3, -0.25) is 4.98 Å². The summed E-state index contributed by atoms with van der Waals surface area (Å²) in [6.45, 7) is 10.0. The van der Waals surface area contributed by atoms with Gasteiger partial charge in [0.05, 0.1) is 5.69 Å². The van der Waals surface area contributed by atoms with Gasteiger partial charge in [0.1, 0.15) is 0 Å². The molecule has 0 atom stereocenters. The molecule has 0 aliphatic carbocycles. The van der Waals surface area contributed by atoms with Gasteiger partial charge in [0.15, 0.2) is 0 Å². The summed E-state index contributed by atoms with van der Waals surface area (Å²) in [6.07, 6.45) is 6.09. The molecule has 1 nitrogen and oxygen atoms in total. The van der Waals surface area contributed by atoms with Crippen molar-refractivity contribution in [2.75, 3.05) is 0 Å². The number of benzene rings is 1. The minimum absolute atomic E-state index is 1.01. The molecule has 2 rings (SSSR count). The van der Waals surface area contributed by atoms with E-state index in [1.54, 1.807) is 0 Å². The molecular weight excluding hydrogens is 230 g/mol. The predicted molar refractivity (Wildman–Crippen MR) is 85.1 cm³/mol. The number of aryl methyl sites for hydroxylation is 1. The number of nitrogens with zero attached hydrogens (tertiary/aromatic N) is 1. The van der Waals surface area contributed by atoms with Crippen molar-refractivity contribution < 1.29 is 0 Å². The zero-order chi connectivity index (χ0) is 14.1. The first-order valence-electron chi connectivity index (χ1n) is 7.02. The summed E-state index contributed by atoms with van der Waals surface area (Å²) in [6, 6.07) is 12.4. The molecule has 0 bridgehead atoms. The van der Waals surface area contributed by atoms with Crippen LogP contribution in [0.1, 0.15) is 38.3 Å². The van der Waals surface area contributed by atoms with Crippen LogP contribution in [0.5, 0.6) is 0 Å². The maximum absolute atomic E-state index is 4.53. The van der Waals surface area contributed by atoms with Crippen LogP contribution in [0.2, 0.25) is 0 Å². The topological polar surface area (TPSA) is 12.9 Å². The first kappa shape index (κ1) is 15.2. The van der Waals surface area contributed by atoms with Crippen molar-refractivity contribution in [2.24, 2.45) is 0 Å². The maximum atomic E-state index is 4.53. The summed E-state index contributed by atoms with van der Waals surface area (Å²) in [7, 11) is 0. The van der Waals surface area contributed by atoms with Gasteiger partial charge in [0, 0.05) is 11.8 Å². The van der Waals surface area contributed by atoms with Crippen LogP contribution >= 0.6 is 0 Å². The quantitative estimate of drug-likeness (QED) is 0.713. The fourth-order valence-corrected chi connectivity index (χ4v) is 1.93. The Morgan fingerprint density at radius 1 is 1.11 bits per heavy atom. The molecule has 0 unspecified atom stereocenters. The van der Waals surface area contributed by atoms with Crippen LogP contribution in [0.15, 0.2) is 49.2 Å². The summed E-state index contributed by atoms with van der Waals surface area (Å²) in [5.41, 5.74) is 4.58. The van der Waals surface area contributed by atoms with Crippen molar-refractivity contribution >= 4 is 6.08 Å². The molecule has 100 valence electrons. The first-order valence-corrected chi connectivity index (χ1v) is 7.02. The predicted octanol–water partition coefficient (Wildman–Crippen LogP) is 5.37. The van der Waals surface area contributed by atoms with Gasteiger partial charge in [-0.2, -0.15) is 0 Å². The minimum Gasteiger partial charge on any atom is -0.256 e. The van der Waals surface area contributed by atoms with E-state index in [4.69, 9.17) is 0 Å². The summed E-state index contributed by atoms with van der Waals surface area (Å²) in [5, 5.41) is 0. The normalized spacial score (nSPS) is 9.42. The molecule has 1 heterocycles. The number of hydrogen-bond donors (Lipinski definition) is 0. The highest BCUT2D eigenvalue weighted by molar-refractivity contribution is 5.72. The summed E-state index contributed by atoms with van der Waals surface area (Å²) in [5.74, 6) is 0. The van der Waals surface area contributed by atoms with E-state index in [1.807, 2.05) is 38.3 Å². The molecule has 1 aromatic carbocycles. The van der Waals surface area contributed by atoms with Gasteiger partial charge in [0.25, 0.3) is 0 Å². The fraction of sp³-hybridized carbons (Fsp3) is 0.278. The van der Waals surface area contributed by atoms with Crippen LogP contribution in [0.4, 0.5) is 0 Å². The van der Waals surface area contributed by atoms with E-state index < -0.39 is 0 Å². The molecule has 0 saturated carbocycles. The van der Waals surface area contributed by atoms with Gasteiger partial charge in [-0.1, -0.05) is 70.2 Å². The first-order chi connectivity index (χ1) is 9.35. The lowest BCUT2D eigenvalue weighted by Crippen LogP contribution is -1.89. The number of hydrogen-bond acceptors (Lipinski definition) is 1. The van der Waals surface area contributed by atoms with E-state index >= 15 is 0 Å². The van der Waals surface area contributed by atoms with E-state index in [1.165, 1.54) is 5.56 Å². The van der Waals surface area contributed by atoms with E-state index in [0.29, 0.717) is 0 Å². The van der Waals surface area contributed by atoms with E-state index in [9.17, 15) is 0 Å². The number of aromatic nitrogens is 1. The molecule has 1 heteroatoms. The average molecular weight is 253 g/mol. The van der Waals surface area contributed by atoms with Gasteiger partial charge in [-0.05, 0) is 23.6 Å². The van der Waals surface area contributed by atoms with Crippen LogP contribution in [0, 0.1) is 0 Å². The molecule has 0 aliphatic rings. The highest BCUT2D eigenvalue weighted by Gasteiger charge is 2.02. The molecule has 0 amide bonds. The van der Waals surface area contributed by atoms with Crippen LogP contribution in [0.25, 0.3) is 17.3 Å². The second-order valence-electron chi connectivity index (χ2n) is 4.09. The zero-order valence-corrected chi connectivity index (χ0v) is 12.2. The van der Waals surface area contributed by atoms with Crippen molar-refractivity contribution in [3.05, 3.63) is 60.3 Å². The summed E-state index contributed by atoms with van der Waals surface area (Å²) in [4.78, 5) is 4.53. The minimum atomic E-state index is 1.01. The SMILES string of the molecule is C=Cc1ccccc1-c1ccc(CCC)cn1.CC. The van der Waals surface area contributed by atoms with E-state index in [-0.39, 0.29) is 0 Å². The average Bonchev–Trinajstić information content (AvgIpc) is 2.50. The zero-order valence-electron chi connectivity index (χ0n) is 12.2. The Morgan fingerprint density at radius 3 is 2.42 bits per heavy atom. The lowest BCUT2D eigenvalue weighted by Gasteiger charge is -2.06. The van der Waals surface area contributed by atoms with Crippen molar-refractivity contribution in [3.63, 3.8) is 0 Å². The smallest absolute Gasteiger partial charge is 0.0708 e. The van der Waals surface area contributed by atoms with Gasteiger partial charge in [0.2, 0.25) is 0 Å². The van der Waals surface area contributed by atoms with Crippen LogP contribution in [0.3, 0.4) is 0 Å². The van der Waals surface area contributed by atoms with Gasteiger partial charge < -0.3 is 0 Å². The Kier molecular flexibility index (Phi) is 6.59. The lowest BCUT2D eigenvalue weighted by atomic mass is 10.0. The number of pyridine rings is 1. The lowest BCUT2D eigenvalue weighted by molar-refractivity contribution is 0.914. The van der Waals surface area contributed by atoms with Crippen molar-refractivity contribution in [1.29, 1.82) is 0 Å². The molecule has 0 N–H and O–H groups in total. The molecule has 1 aromatic heterocycles. The van der Waals surface area contributed by atoms with Crippen LogP contribution in [-0.4, -0.2) is 4.98 Å². The third-order valence-corrected chi connectivity index (χ3v) is 2.82. The van der Waals surface area contributed by atoms with Crippen LogP contribution in [-0.2, 0) is 6.42 Å². The molecule has 2 aromatic rings. The third kappa shape index (κ3) is 4.06. The highest BCUT2D eigenvalue weighted by Crippen LogP contribution is 2.22. The Hall–Kier alpha value is -1.89. The maximum Gasteiger partial charge on any atom is 0.0708 e. The number of rotatable bonds is 4. The second kappa shape index (κ2) is 8.25. The molecule has 0 aliphatic heterocycles. The Balaban J connectivity index is 0.000000861. The van der Waals surface area contributed by atoms with Crippen molar-refractivity contribution in [1.82, 2.24) is 4.98 Å². The molecule has 19 heavy (non-hydrogen) atoms. The molecule has 0 radical (unpaired) electrons. The molecule has 0 saturated heterocycles. The highest BCUT2D eigenvalue weighted by atomic mass is 14.7. The molecule has 0 fully saturated rings.